The molecule has 4 aromatic rings. The fourth-order valence-corrected chi connectivity index (χ4v) is 4.07. The Morgan fingerprint density at radius 1 is 0.971 bits per heavy atom. The molecule has 5 nitrogen and oxygen atoms in total. The van der Waals surface area contributed by atoms with Crippen molar-refractivity contribution in [3.8, 4) is 0 Å². The van der Waals surface area contributed by atoms with Crippen LogP contribution in [0.15, 0.2) is 71.5 Å². The van der Waals surface area contributed by atoms with Crippen molar-refractivity contribution in [3.63, 3.8) is 0 Å². The summed E-state index contributed by atoms with van der Waals surface area (Å²) in [5.41, 5.74) is 2.34. The van der Waals surface area contributed by atoms with Gasteiger partial charge in [0.25, 0.3) is 5.56 Å². The van der Waals surface area contributed by atoms with Gasteiger partial charge in [-0.25, -0.2) is 9.37 Å². The molecule has 0 unspecified atom stereocenters. The van der Waals surface area contributed by atoms with Crippen molar-refractivity contribution in [2.75, 3.05) is 6.54 Å². The highest BCUT2D eigenvalue weighted by atomic mass is 35.5. The number of nitrogens with zero attached hydrogens (tertiary/aromatic N) is 2. The van der Waals surface area contributed by atoms with E-state index in [-0.39, 0.29) is 47.1 Å². The second-order valence-electron chi connectivity index (χ2n) is 7.87. The van der Waals surface area contributed by atoms with Gasteiger partial charge in [-0.15, -0.1) is 0 Å². The zero-order chi connectivity index (χ0) is 24.1. The quantitative estimate of drug-likeness (QED) is 0.364. The zero-order valence-corrected chi connectivity index (χ0v) is 19.7. The minimum absolute atomic E-state index is 0.0341. The summed E-state index contributed by atoms with van der Waals surface area (Å²) in [4.78, 5) is 30.1. The molecule has 0 bridgehead atoms. The lowest BCUT2D eigenvalue weighted by molar-refractivity contribution is -0.121. The highest BCUT2D eigenvalue weighted by molar-refractivity contribution is 6.31. The molecule has 1 heterocycles. The molecular formula is C26H22Cl2FN3O2. The second-order valence-corrected chi connectivity index (χ2v) is 8.71. The van der Waals surface area contributed by atoms with Gasteiger partial charge in [-0.1, -0.05) is 53.5 Å². The number of nitrogens with one attached hydrogen (secondary N) is 1. The number of aromatic nitrogens is 2. The van der Waals surface area contributed by atoms with Crippen molar-refractivity contribution in [2.45, 2.75) is 25.8 Å². The number of halogens is 3. The summed E-state index contributed by atoms with van der Waals surface area (Å²) < 4.78 is 15.9. The summed E-state index contributed by atoms with van der Waals surface area (Å²) in [6.45, 7) is 0.440. The number of para-hydroxylation sites is 2. The van der Waals surface area contributed by atoms with E-state index in [1.165, 1.54) is 16.7 Å². The largest absolute Gasteiger partial charge is 0.356 e. The van der Waals surface area contributed by atoms with Crippen LogP contribution in [0.4, 0.5) is 4.39 Å². The lowest BCUT2D eigenvalue weighted by Crippen LogP contribution is -2.29. The van der Waals surface area contributed by atoms with Crippen LogP contribution in [-0.2, 0) is 24.2 Å². The maximum atomic E-state index is 14.4. The number of amides is 1. The SMILES string of the molecule is O=C(CCc1nc2ccccc2n(Cc2c(F)cccc2Cl)c1=O)NCCc1ccc(Cl)cc1. The Kier molecular flexibility index (Phi) is 7.60. The third-order valence-corrected chi connectivity index (χ3v) is 6.14. The third-order valence-electron chi connectivity index (χ3n) is 5.54. The average Bonchev–Trinajstić information content (AvgIpc) is 2.83. The van der Waals surface area contributed by atoms with Crippen LogP contribution in [0, 0.1) is 5.82 Å². The molecule has 4 rings (SSSR count). The van der Waals surface area contributed by atoms with Crippen molar-refractivity contribution in [1.82, 2.24) is 14.9 Å². The average molecular weight is 498 g/mol. The summed E-state index contributed by atoms with van der Waals surface area (Å²) in [5, 5.41) is 3.78. The van der Waals surface area contributed by atoms with Gasteiger partial charge in [0, 0.05) is 35.0 Å². The van der Waals surface area contributed by atoms with E-state index < -0.39 is 5.82 Å². The summed E-state index contributed by atoms with van der Waals surface area (Å²) in [6, 6.07) is 19.0. The van der Waals surface area contributed by atoms with E-state index in [1.54, 1.807) is 24.3 Å². The molecule has 0 radical (unpaired) electrons. The maximum Gasteiger partial charge on any atom is 0.273 e. The normalized spacial score (nSPS) is 11.0. The molecule has 1 aromatic heterocycles. The highest BCUT2D eigenvalue weighted by Crippen LogP contribution is 2.21. The summed E-state index contributed by atoms with van der Waals surface area (Å²) >= 11 is 12.1. The summed E-state index contributed by atoms with van der Waals surface area (Å²) in [5.74, 6) is -0.658. The van der Waals surface area contributed by atoms with E-state index in [2.05, 4.69) is 10.3 Å². The highest BCUT2D eigenvalue weighted by Gasteiger charge is 2.15. The summed E-state index contributed by atoms with van der Waals surface area (Å²) in [6.07, 6.45) is 0.955. The van der Waals surface area contributed by atoms with Gasteiger partial charge < -0.3 is 9.88 Å². The van der Waals surface area contributed by atoms with Crippen LogP contribution in [0.25, 0.3) is 11.0 Å². The van der Waals surface area contributed by atoms with E-state index >= 15 is 0 Å². The molecular weight excluding hydrogens is 476 g/mol. The first-order valence-corrected chi connectivity index (χ1v) is 11.6. The predicted octanol–water partition coefficient (Wildman–Crippen LogP) is 5.18. The number of aryl methyl sites for hydroxylation is 1. The van der Waals surface area contributed by atoms with Gasteiger partial charge in [0.05, 0.1) is 17.6 Å². The predicted molar refractivity (Wildman–Crippen MR) is 133 cm³/mol. The Balaban J connectivity index is 1.49. The molecule has 174 valence electrons. The molecule has 1 N–H and O–H groups in total. The van der Waals surface area contributed by atoms with Crippen LogP contribution < -0.4 is 10.9 Å². The monoisotopic (exact) mass is 497 g/mol. The standard InChI is InChI=1S/C26H22Cl2FN3O2/c27-18-10-8-17(9-11-18)14-15-30-25(33)13-12-23-26(34)32(24-7-2-1-6-22(24)31-23)16-19-20(28)4-3-5-21(19)29/h1-11H,12-16H2,(H,30,33). The zero-order valence-electron chi connectivity index (χ0n) is 18.2. The lowest BCUT2D eigenvalue weighted by atomic mass is 10.1. The molecule has 0 fully saturated rings. The van der Waals surface area contributed by atoms with Gasteiger partial charge in [0.15, 0.2) is 0 Å². The molecule has 0 atom stereocenters. The Labute approximate surface area is 206 Å². The van der Waals surface area contributed by atoms with E-state index in [0.29, 0.717) is 29.0 Å². The first-order valence-electron chi connectivity index (χ1n) is 10.8. The number of rotatable bonds is 8. The molecule has 0 aliphatic heterocycles. The first-order chi connectivity index (χ1) is 16.4. The number of hydrogen-bond donors (Lipinski definition) is 1. The van der Waals surface area contributed by atoms with Crippen molar-refractivity contribution in [3.05, 3.63) is 110 Å². The topological polar surface area (TPSA) is 64.0 Å². The van der Waals surface area contributed by atoms with Gasteiger partial charge in [-0.2, -0.15) is 0 Å². The molecule has 8 heteroatoms. The van der Waals surface area contributed by atoms with Crippen LogP contribution in [-0.4, -0.2) is 22.0 Å². The van der Waals surface area contributed by atoms with Crippen molar-refractivity contribution in [1.29, 1.82) is 0 Å². The van der Waals surface area contributed by atoms with Gasteiger partial charge >= 0.3 is 0 Å². The minimum Gasteiger partial charge on any atom is -0.356 e. The Hall–Kier alpha value is -3.22. The van der Waals surface area contributed by atoms with E-state index in [4.69, 9.17) is 23.2 Å². The van der Waals surface area contributed by atoms with E-state index in [9.17, 15) is 14.0 Å². The number of carbonyl (C=O) groups is 1. The molecule has 3 aromatic carbocycles. The minimum atomic E-state index is -0.484. The number of benzene rings is 3. The Morgan fingerprint density at radius 3 is 2.50 bits per heavy atom. The number of hydrogen-bond acceptors (Lipinski definition) is 3. The number of fused-ring (bicyclic) bond motifs is 1. The molecule has 0 saturated carbocycles. The Morgan fingerprint density at radius 2 is 1.74 bits per heavy atom. The van der Waals surface area contributed by atoms with Crippen molar-refractivity contribution < 1.29 is 9.18 Å². The maximum absolute atomic E-state index is 14.4. The van der Waals surface area contributed by atoms with E-state index in [1.807, 2.05) is 30.3 Å². The van der Waals surface area contributed by atoms with E-state index in [0.717, 1.165) is 5.56 Å². The van der Waals surface area contributed by atoms with Crippen molar-refractivity contribution in [2.24, 2.45) is 0 Å². The number of carbonyl (C=O) groups excluding carboxylic acids is 1. The smallest absolute Gasteiger partial charge is 0.273 e. The van der Waals surface area contributed by atoms with Gasteiger partial charge in [0.2, 0.25) is 5.91 Å². The summed E-state index contributed by atoms with van der Waals surface area (Å²) in [7, 11) is 0. The molecule has 0 spiro atoms. The second kappa shape index (κ2) is 10.8. The van der Waals surface area contributed by atoms with Gasteiger partial charge in [-0.3, -0.25) is 9.59 Å². The van der Waals surface area contributed by atoms with Crippen LogP contribution in [0.1, 0.15) is 23.2 Å². The van der Waals surface area contributed by atoms with Crippen molar-refractivity contribution >= 4 is 40.1 Å². The molecule has 0 aliphatic rings. The third kappa shape index (κ3) is 5.64. The fourth-order valence-electron chi connectivity index (χ4n) is 3.72. The fraction of sp³-hybridized carbons (Fsp3) is 0.192. The van der Waals surface area contributed by atoms with Crippen LogP contribution in [0.3, 0.4) is 0 Å². The van der Waals surface area contributed by atoms with Crippen LogP contribution in [0.2, 0.25) is 10.0 Å². The molecule has 34 heavy (non-hydrogen) atoms. The van der Waals surface area contributed by atoms with Crippen LogP contribution >= 0.6 is 23.2 Å². The molecule has 0 saturated heterocycles. The van der Waals surface area contributed by atoms with Gasteiger partial charge in [-0.05, 0) is 48.4 Å². The first kappa shape index (κ1) is 23.9. The molecule has 1 amide bonds. The van der Waals surface area contributed by atoms with Crippen LogP contribution in [0.5, 0.6) is 0 Å². The van der Waals surface area contributed by atoms with Gasteiger partial charge in [0.1, 0.15) is 11.5 Å². The molecule has 0 aliphatic carbocycles. The Bertz CT molecular complexity index is 1370. The lowest BCUT2D eigenvalue weighted by Gasteiger charge is -2.14.